The molecule has 0 saturated carbocycles. The van der Waals surface area contributed by atoms with Crippen LogP contribution >= 0.6 is 0 Å². The van der Waals surface area contributed by atoms with Crippen molar-refractivity contribution in [1.82, 2.24) is 10.2 Å². The van der Waals surface area contributed by atoms with E-state index in [1.165, 1.54) is 0 Å². The van der Waals surface area contributed by atoms with Gasteiger partial charge in [0.05, 0.1) is 17.9 Å². The lowest BCUT2D eigenvalue weighted by molar-refractivity contribution is -0.122. The molecule has 0 atom stereocenters. The number of hydrogen-bond donors (Lipinski definition) is 2. The SMILES string of the molecule is CCOC(=O)c1ccccc1Nc1ccc(NC(=O)C2CCOCC2)nn1. The number of aromatic nitrogens is 2. The predicted octanol–water partition coefficient (Wildman–Crippen LogP) is 2.76. The van der Waals surface area contributed by atoms with Crippen molar-refractivity contribution in [3.63, 3.8) is 0 Å². The number of nitrogens with zero attached hydrogens (tertiary/aromatic N) is 2. The molecule has 1 aliphatic rings. The first-order valence-corrected chi connectivity index (χ1v) is 8.93. The van der Waals surface area contributed by atoms with Gasteiger partial charge in [-0.3, -0.25) is 4.79 Å². The fraction of sp³-hybridized carbons (Fsp3) is 0.368. The molecule has 8 nitrogen and oxygen atoms in total. The number of carbonyl (C=O) groups excluding carboxylic acids is 2. The first-order chi connectivity index (χ1) is 13.2. The lowest BCUT2D eigenvalue weighted by atomic mass is 9.99. The number of para-hydroxylation sites is 1. The molecule has 142 valence electrons. The third-order valence-electron chi connectivity index (χ3n) is 4.19. The molecule has 2 aromatic rings. The van der Waals surface area contributed by atoms with E-state index in [1.807, 2.05) is 0 Å². The van der Waals surface area contributed by atoms with Crippen LogP contribution < -0.4 is 10.6 Å². The van der Waals surface area contributed by atoms with Gasteiger partial charge in [-0.2, -0.15) is 0 Å². The normalized spacial score (nSPS) is 14.4. The van der Waals surface area contributed by atoms with Crippen molar-refractivity contribution in [2.45, 2.75) is 19.8 Å². The molecule has 1 aromatic heterocycles. The first kappa shape index (κ1) is 18.8. The Hall–Kier alpha value is -3.00. The van der Waals surface area contributed by atoms with E-state index >= 15 is 0 Å². The molecule has 1 amide bonds. The van der Waals surface area contributed by atoms with Crippen LogP contribution in [0.15, 0.2) is 36.4 Å². The number of esters is 1. The monoisotopic (exact) mass is 370 g/mol. The minimum absolute atomic E-state index is 0.0604. The number of rotatable bonds is 6. The number of amides is 1. The third-order valence-corrected chi connectivity index (χ3v) is 4.19. The van der Waals surface area contributed by atoms with Crippen molar-refractivity contribution in [3.8, 4) is 0 Å². The molecule has 1 aliphatic heterocycles. The van der Waals surface area contributed by atoms with Gasteiger partial charge in [-0.15, -0.1) is 10.2 Å². The summed E-state index contributed by atoms with van der Waals surface area (Å²) < 4.78 is 10.3. The van der Waals surface area contributed by atoms with E-state index in [1.54, 1.807) is 43.3 Å². The van der Waals surface area contributed by atoms with Gasteiger partial charge in [-0.1, -0.05) is 12.1 Å². The quantitative estimate of drug-likeness (QED) is 0.754. The molecule has 0 unspecified atom stereocenters. The summed E-state index contributed by atoms with van der Waals surface area (Å²) in [6, 6.07) is 10.4. The van der Waals surface area contributed by atoms with Gasteiger partial charge in [0.1, 0.15) is 0 Å². The summed E-state index contributed by atoms with van der Waals surface area (Å²) in [7, 11) is 0. The minimum atomic E-state index is -0.408. The molecular weight excluding hydrogens is 348 g/mol. The smallest absolute Gasteiger partial charge is 0.340 e. The molecular formula is C19H22N4O4. The number of carbonyl (C=O) groups is 2. The molecule has 2 N–H and O–H groups in total. The molecule has 0 aliphatic carbocycles. The molecule has 1 aromatic carbocycles. The predicted molar refractivity (Wildman–Crippen MR) is 99.9 cm³/mol. The molecule has 8 heteroatoms. The van der Waals surface area contributed by atoms with Crippen molar-refractivity contribution < 1.29 is 19.1 Å². The molecule has 27 heavy (non-hydrogen) atoms. The number of ether oxygens (including phenoxy) is 2. The van der Waals surface area contributed by atoms with E-state index in [4.69, 9.17) is 9.47 Å². The summed E-state index contributed by atoms with van der Waals surface area (Å²) in [6.45, 7) is 3.26. The highest BCUT2D eigenvalue weighted by Crippen LogP contribution is 2.21. The molecule has 2 heterocycles. The van der Waals surface area contributed by atoms with Gasteiger partial charge in [0, 0.05) is 19.1 Å². The average Bonchev–Trinajstić information content (AvgIpc) is 2.70. The maximum atomic E-state index is 12.2. The largest absolute Gasteiger partial charge is 0.462 e. The Balaban J connectivity index is 1.64. The Morgan fingerprint density at radius 3 is 2.52 bits per heavy atom. The van der Waals surface area contributed by atoms with Crippen LogP contribution in [0.3, 0.4) is 0 Å². The molecule has 0 bridgehead atoms. The Morgan fingerprint density at radius 2 is 1.81 bits per heavy atom. The second kappa shape index (κ2) is 9.09. The molecule has 0 spiro atoms. The third kappa shape index (κ3) is 5.01. The molecule has 1 fully saturated rings. The van der Waals surface area contributed by atoms with E-state index in [2.05, 4.69) is 20.8 Å². The van der Waals surface area contributed by atoms with Gasteiger partial charge in [0.2, 0.25) is 5.91 Å². The van der Waals surface area contributed by atoms with E-state index in [0.717, 1.165) is 0 Å². The Morgan fingerprint density at radius 1 is 1.11 bits per heavy atom. The maximum Gasteiger partial charge on any atom is 0.340 e. The lowest BCUT2D eigenvalue weighted by Crippen LogP contribution is -2.28. The first-order valence-electron chi connectivity index (χ1n) is 8.93. The van der Waals surface area contributed by atoms with Crippen molar-refractivity contribution in [3.05, 3.63) is 42.0 Å². The lowest BCUT2D eigenvalue weighted by Gasteiger charge is -2.20. The van der Waals surface area contributed by atoms with Crippen LogP contribution in [0.25, 0.3) is 0 Å². The summed E-state index contributed by atoms with van der Waals surface area (Å²) in [4.78, 5) is 24.2. The van der Waals surface area contributed by atoms with Crippen LogP contribution in [-0.2, 0) is 14.3 Å². The standard InChI is InChI=1S/C19H22N4O4/c1-2-27-19(25)14-5-3-4-6-15(14)20-16-7-8-17(23-22-16)21-18(24)13-9-11-26-12-10-13/h3-8,13H,2,9-12H2,1H3,(H,20,22)(H,21,23,24). The summed E-state index contributed by atoms with van der Waals surface area (Å²) in [6.07, 6.45) is 1.42. The minimum Gasteiger partial charge on any atom is -0.462 e. The van der Waals surface area contributed by atoms with Gasteiger partial charge in [-0.25, -0.2) is 4.79 Å². The van der Waals surface area contributed by atoms with Gasteiger partial charge in [0.15, 0.2) is 11.6 Å². The highest BCUT2D eigenvalue weighted by molar-refractivity contribution is 5.96. The van der Waals surface area contributed by atoms with Crippen molar-refractivity contribution in [1.29, 1.82) is 0 Å². The van der Waals surface area contributed by atoms with Gasteiger partial charge < -0.3 is 20.1 Å². The van der Waals surface area contributed by atoms with Crippen molar-refractivity contribution in [2.75, 3.05) is 30.5 Å². The highest BCUT2D eigenvalue weighted by atomic mass is 16.5. The highest BCUT2D eigenvalue weighted by Gasteiger charge is 2.22. The molecule has 1 saturated heterocycles. The van der Waals surface area contributed by atoms with Crippen LogP contribution in [0.2, 0.25) is 0 Å². The van der Waals surface area contributed by atoms with Crippen molar-refractivity contribution in [2.24, 2.45) is 5.92 Å². The average molecular weight is 370 g/mol. The second-order valence-corrected chi connectivity index (χ2v) is 6.07. The van der Waals surface area contributed by atoms with Crippen LogP contribution in [0.5, 0.6) is 0 Å². The van der Waals surface area contributed by atoms with Crippen molar-refractivity contribution >= 4 is 29.2 Å². The van der Waals surface area contributed by atoms with Crippen LogP contribution in [-0.4, -0.2) is 41.9 Å². The van der Waals surface area contributed by atoms with Crippen LogP contribution in [0.1, 0.15) is 30.1 Å². The summed E-state index contributed by atoms with van der Waals surface area (Å²) in [5, 5.41) is 13.9. The number of benzene rings is 1. The van der Waals surface area contributed by atoms with Gasteiger partial charge in [0.25, 0.3) is 0 Å². The van der Waals surface area contributed by atoms with Crippen LogP contribution in [0, 0.1) is 5.92 Å². The van der Waals surface area contributed by atoms with Gasteiger partial charge >= 0.3 is 5.97 Å². The van der Waals surface area contributed by atoms with E-state index < -0.39 is 5.97 Å². The molecule has 3 rings (SSSR count). The van der Waals surface area contributed by atoms with Gasteiger partial charge in [-0.05, 0) is 44.0 Å². The summed E-state index contributed by atoms with van der Waals surface area (Å²) >= 11 is 0. The topological polar surface area (TPSA) is 102 Å². The van der Waals surface area contributed by atoms with E-state index in [0.29, 0.717) is 55.5 Å². The van der Waals surface area contributed by atoms with E-state index in [-0.39, 0.29) is 11.8 Å². The Kier molecular flexibility index (Phi) is 6.32. The van der Waals surface area contributed by atoms with Crippen LogP contribution in [0.4, 0.5) is 17.3 Å². The fourth-order valence-electron chi connectivity index (χ4n) is 2.77. The number of anilines is 3. The summed E-state index contributed by atoms with van der Waals surface area (Å²) in [5.74, 6) is 0.302. The zero-order chi connectivity index (χ0) is 19.1. The molecule has 0 radical (unpaired) electrons. The zero-order valence-corrected chi connectivity index (χ0v) is 15.1. The number of nitrogens with one attached hydrogen (secondary N) is 2. The fourth-order valence-corrected chi connectivity index (χ4v) is 2.77. The zero-order valence-electron chi connectivity index (χ0n) is 15.1. The Bertz CT molecular complexity index is 789. The maximum absolute atomic E-state index is 12.2. The second-order valence-electron chi connectivity index (χ2n) is 6.07. The number of hydrogen-bond acceptors (Lipinski definition) is 7. The van der Waals surface area contributed by atoms with E-state index in [9.17, 15) is 9.59 Å². The Labute approximate surface area is 157 Å². The summed E-state index contributed by atoms with van der Waals surface area (Å²) in [5.41, 5.74) is 0.988.